The second-order valence-electron chi connectivity index (χ2n) is 8.65. The molecule has 4 heterocycles. The van der Waals surface area contributed by atoms with Gasteiger partial charge >= 0.3 is 0 Å². The fourth-order valence-corrected chi connectivity index (χ4v) is 4.69. The van der Waals surface area contributed by atoms with Gasteiger partial charge in [0.2, 0.25) is 5.95 Å². The molecule has 35 heavy (non-hydrogen) atoms. The van der Waals surface area contributed by atoms with Crippen LogP contribution in [0.4, 0.5) is 11.8 Å². The molecule has 0 spiro atoms. The number of para-hydroxylation sites is 2. The van der Waals surface area contributed by atoms with E-state index >= 15 is 0 Å². The molecular weight excluding hydrogens is 444 g/mol. The molecule has 2 aromatic heterocycles. The number of pyridine rings is 1. The van der Waals surface area contributed by atoms with Crippen molar-refractivity contribution in [3.05, 3.63) is 66.2 Å². The summed E-state index contributed by atoms with van der Waals surface area (Å²) < 4.78 is 7.20. The largest absolute Gasteiger partial charge is 0.378 e. The minimum Gasteiger partial charge on any atom is -0.378 e. The van der Waals surface area contributed by atoms with E-state index in [0.717, 1.165) is 54.5 Å². The maximum Gasteiger partial charge on any atom is 0.254 e. The van der Waals surface area contributed by atoms with Gasteiger partial charge in [0.1, 0.15) is 5.82 Å². The van der Waals surface area contributed by atoms with Crippen LogP contribution in [0, 0.1) is 0 Å². The number of aromatic nitrogens is 5. The average Bonchev–Trinajstić information content (AvgIpc) is 3.43. The highest BCUT2D eigenvalue weighted by Crippen LogP contribution is 2.26. The van der Waals surface area contributed by atoms with Gasteiger partial charge in [0.15, 0.2) is 0 Å². The topological polar surface area (TPSA) is 92.5 Å². The summed E-state index contributed by atoms with van der Waals surface area (Å²) in [5, 5.41) is 13.3. The molecule has 0 aliphatic carbocycles. The lowest BCUT2D eigenvalue weighted by molar-refractivity contribution is 0.0304. The van der Waals surface area contributed by atoms with Crippen LogP contribution in [0.3, 0.4) is 0 Å². The normalized spacial score (nSPS) is 16.6. The van der Waals surface area contributed by atoms with Gasteiger partial charge in [-0.2, -0.15) is 4.68 Å². The molecule has 2 aliphatic heterocycles. The molecule has 0 atom stereocenters. The number of ether oxygens (including phenoxy) is 1. The number of piperazine rings is 1. The van der Waals surface area contributed by atoms with Gasteiger partial charge < -0.3 is 19.4 Å². The number of carbonyl (C=O) groups excluding carboxylic acids is 1. The highest BCUT2D eigenvalue weighted by Gasteiger charge is 2.26. The van der Waals surface area contributed by atoms with E-state index < -0.39 is 0 Å². The van der Waals surface area contributed by atoms with Gasteiger partial charge in [-0.25, -0.2) is 4.98 Å². The molecule has 0 unspecified atom stereocenters. The van der Waals surface area contributed by atoms with Crippen molar-refractivity contribution in [2.24, 2.45) is 0 Å². The van der Waals surface area contributed by atoms with E-state index in [0.29, 0.717) is 31.9 Å². The zero-order chi connectivity index (χ0) is 23.6. The smallest absolute Gasteiger partial charge is 0.254 e. The molecule has 0 saturated carbocycles. The lowest BCUT2D eigenvalue weighted by atomic mass is 10.1. The van der Waals surface area contributed by atoms with Crippen LogP contribution >= 0.6 is 0 Å². The highest BCUT2D eigenvalue weighted by atomic mass is 16.5. The minimum absolute atomic E-state index is 0.0359. The van der Waals surface area contributed by atoms with Crippen LogP contribution in [0.2, 0.25) is 0 Å². The molecule has 0 radical (unpaired) electrons. The monoisotopic (exact) mass is 470 g/mol. The Hall–Kier alpha value is -4.05. The number of morpholine rings is 1. The molecule has 2 aromatic carbocycles. The highest BCUT2D eigenvalue weighted by molar-refractivity contribution is 6.07. The third-order valence-electron chi connectivity index (χ3n) is 6.57. The second kappa shape index (κ2) is 9.30. The van der Waals surface area contributed by atoms with Crippen molar-refractivity contribution in [3.63, 3.8) is 0 Å². The van der Waals surface area contributed by atoms with Crippen LogP contribution in [0.25, 0.3) is 16.6 Å². The maximum absolute atomic E-state index is 13.4. The Kier molecular flexibility index (Phi) is 5.71. The van der Waals surface area contributed by atoms with Gasteiger partial charge in [0.05, 0.1) is 30.0 Å². The quantitative estimate of drug-likeness (QED) is 0.447. The number of fused-ring (bicyclic) bond motifs is 1. The van der Waals surface area contributed by atoms with Crippen molar-refractivity contribution in [1.29, 1.82) is 0 Å². The van der Waals surface area contributed by atoms with E-state index in [4.69, 9.17) is 9.72 Å². The molecular formula is C25H26N8O2. The predicted octanol–water partition coefficient (Wildman–Crippen LogP) is 2.01. The molecule has 2 aliphatic rings. The second-order valence-corrected chi connectivity index (χ2v) is 8.65. The number of hydrogen-bond acceptors (Lipinski definition) is 8. The standard InChI is InChI=1S/C25H26N8O2/c34-24(31-14-16-35-17-15-31)21-18-23(26-22-9-5-4-8-20(21)22)30-10-12-32(13-11-30)25-27-28-29-33(25)19-6-2-1-3-7-19/h1-9,18H,10-17H2. The van der Waals surface area contributed by atoms with Crippen molar-refractivity contribution in [3.8, 4) is 5.69 Å². The van der Waals surface area contributed by atoms with Crippen molar-refractivity contribution >= 4 is 28.6 Å². The summed E-state index contributed by atoms with van der Waals surface area (Å²) in [5.41, 5.74) is 2.46. The molecule has 1 amide bonds. The summed E-state index contributed by atoms with van der Waals surface area (Å²) in [5.74, 6) is 1.59. The van der Waals surface area contributed by atoms with Crippen LogP contribution in [0.5, 0.6) is 0 Å². The van der Waals surface area contributed by atoms with Crippen molar-refractivity contribution in [1.82, 2.24) is 30.1 Å². The van der Waals surface area contributed by atoms with E-state index in [1.54, 1.807) is 4.68 Å². The summed E-state index contributed by atoms with van der Waals surface area (Å²) in [6.07, 6.45) is 0. The Labute approximate surface area is 202 Å². The summed E-state index contributed by atoms with van der Waals surface area (Å²) in [4.78, 5) is 24.6. The molecule has 4 aromatic rings. The Bertz CT molecular complexity index is 1330. The zero-order valence-electron chi connectivity index (χ0n) is 19.3. The first-order chi connectivity index (χ1) is 17.3. The fraction of sp³-hybridized carbons (Fsp3) is 0.320. The Morgan fingerprint density at radius 3 is 2.34 bits per heavy atom. The van der Waals surface area contributed by atoms with E-state index in [2.05, 4.69) is 25.3 Å². The number of anilines is 2. The Morgan fingerprint density at radius 1 is 0.829 bits per heavy atom. The minimum atomic E-state index is 0.0359. The summed E-state index contributed by atoms with van der Waals surface area (Å²) in [6, 6.07) is 19.7. The first-order valence-corrected chi connectivity index (χ1v) is 11.9. The maximum atomic E-state index is 13.4. The summed E-state index contributed by atoms with van der Waals surface area (Å²) in [6.45, 7) is 5.36. The van der Waals surface area contributed by atoms with Gasteiger partial charge in [-0.1, -0.05) is 41.5 Å². The number of amides is 1. The van der Waals surface area contributed by atoms with E-state index in [1.807, 2.05) is 65.6 Å². The van der Waals surface area contributed by atoms with Crippen molar-refractivity contribution < 1.29 is 9.53 Å². The van der Waals surface area contributed by atoms with Gasteiger partial charge in [0.25, 0.3) is 5.91 Å². The molecule has 0 bridgehead atoms. The average molecular weight is 471 g/mol. The lowest BCUT2D eigenvalue weighted by Gasteiger charge is -2.36. The van der Waals surface area contributed by atoms with Crippen LogP contribution in [-0.4, -0.2) is 88.5 Å². The molecule has 0 N–H and O–H groups in total. The number of carbonyl (C=O) groups is 1. The zero-order valence-corrected chi connectivity index (χ0v) is 19.3. The Balaban J connectivity index is 1.25. The van der Waals surface area contributed by atoms with Crippen LogP contribution in [0.1, 0.15) is 10.4 Å². The Morgan fingerprint density at radius 2 is 1.54 bits per heavy atom. The van der Waals surface area contributed by atoms with Crippen molar-refractivity contribution in [2.45, 2.75) is 0 Å². The van der Waals surface area contributed by atoms with Gasteiger partial charge in [-0.05, 0) is 34.7 Å². The number of rotatable bonds is 4. The van der Waals surface area contributed by atoms with E-state index in [9.17, 15) is 4.79 Å². The molecule has 10 nitrogen and oxygen atoms in total. The van der Waals surface area contributed by atoms with Crippen LogP contribution < -0.4 is 9.80 Å². The first-order valence-electron chi connectivity index (χ1n) is 11.9. The predicted molar refractivity (Wildman–Crippen MR) is 132 cm³/mol. The van der Waals surface area contributed by atoms with Gasteiger partial charge in [0, 0.05) is 44.7 Å². The summed E-state index contributed by atoms with van der Waals surface area (Å²) in [7, 11) is 0. The first kappa shape index (κ1) is 21.5. The lowest BCUT2D eigenvalue weighted by Crippen LogP contribution is -2.47. The molecule has 178 valence electrons. The summed E-state index contributed by atoms with van der Waals surface area (Å²) >= 11 is 0. The van der Waals surface area contributed by atoms with Crippen LogP contribution in [-0.2, 0) is 4.74 Å². The molecule has 6 rings (SSSR count). The van der Waals surface area contributed by atoms with Crippen molar-refractivity contribution in [2.75, 3.05) is 62.3 Å². The van der Waals surface area contributed by atoms with E-state index in [-0.39, 0.29) is 5.91 Å². The number of benzene rings is 2. The van der Waals surface area contributed by atoms with Gasteiger partial charge in [-0.3, -0.25) is 4.79 Å². The third-order valence-corrected chi connectivity index (χ3v) is 6.57. The fourth-order valence-electron chi connectivity index (χ4n) is 4.69. The van der Waals surface area contributed by atoms with E-state index in [1.165, 1.54) is 0 Å². The van der Waals surface area contributed by atoms with Crippen LogP contribution in [0.15, 0.2) is 60.7 Å². The molecule has 2 fully saturated rings. The molecule has 10 heteroatoms. The molecule has 2 saturated heterocycles. The number of hydrogen-bond donors (Lipinski definition) is 0. The third kappa shape index (κ3) is 4.17. The number of nitrogens with zero attached hydrogens (tertiary/aromatic N) is 8. The SMILES string of the molecule is O=C(c1cc(N2CCN(c3nnnn3-c3ccccc3)CC2)nc2ccccc12)N1CCOCC1. The number of tetrazole rings is 1. The van der Waals surface area contributed by atoms with Gasteiger partial charge in [-0.15, -0.1) is 0 Å².